The highest BCUT2D eigenvalue weighted by atomic mass is 19.4. The van der Waals surface area contributed by atoms with E-state index in [1.807, 2.05) is 0 Å². The van der Waals surface area contributed by atoms with Crippen LogP contribution in [0, 0.1) is 13.0 Å². The van der Waals surface area contributed by atoms with E-state index in [0.29, 0.717) is 5.69 Å². The van der Waals surface area contributed by atoms with Gasteiger partial charge in [0.05, 0.1) is 11.9 Å². The van der Waals surface area contributed by atoms with Gasteiger partial charge >= 0.3 is 6.18 Å². The number of aryl methyl sites for hydroxylation is 1. The summed E-state index contributed by atoms with van der Waals surface area (Å²) in [6, 6.07) is 5.91. The van der Waals surface area contributed by atoms with E-state index in [4.69, 9.17) is 5.21 Å². The van der Waals surface area contributed by atoms with Crippen LogP contribution in [0.1, 0.15) is 11.4 Å². The second-order valence-corrected chi connectivity index (χ2v) is 4.15. The van der Waals surface area contributed by atoms with Crippen molar-refractivity contribution in [2.75, 3.05) is 5.32 Å². The van der Waals surface area contributed by atoms with Gasteiger partial charge in [0, 0.05) is 18.0 Å². The first-order valence-electron chi connectivity index (χ1n) is 5.82. The largest absolute Gasteiger partial charge is 0.409 e. The molecule has 0 amide bonds. The molecule has 6 nitrogen and oxygen atoms in total. The maximum atomic E-state index is 12.4. The molecule has 1 radical (unpaired) electrons. The fraction of sp³-hybridized carbons (Fsp3) is 0.250. The van der Waals surface area contributed by atoms with Crippen LogP contribution in [0.2, 0.25) is 0 Å². The number of anilines is 1. The molecule has 0 aliphatic carbocycles. The van der Waals surface area contributed by atoms with Gasteiger partial charge < -0.3 is 10.5 Å². The van der Waals surface area contributed by atoms with Gasteiger partial charge in [0.15, 0.2) is 5.84 Å². The minimum Gasteiger partial charge on any atom is -0.409 e. The summed E-state index contributed by atoms with van der Waals surface area (Å²) in [6.07, 6.45) is -1.38. The van der Waals surface area contributed by atoms with Gasteiger partial charge in [-0.25, -0.2) is 0 Å². The van der Waals surface area contributed by atoms with Crippen LogP contribution in [-0.2, 0) is 6.54 Å². The lowest BCUT2D eigenvalue weighted by Crippen LogP contribution is -2.20. The smallest absolute Gasteiger partial charge is 0.408 e. The Balaban J connectivity index is 2.22. The van der Waals surface area contributed by atoms with Crippen molar-refractivity contribution in [1.82, 2.24) is 14.8 Å². The van der Waals surface area contributed by atoms with E-state index in [-0.39, 0.29) is 17.2 Å². The fourth-order valence-corrected chi connectivity index (χ4v) is 1.59. The third kappa shape index (κ3) is 3.94. The summed E-state index contributed by atoms with van der Waals surface area (Å²) >= 11 is 0. The van der Waals surface area contributed by atoms with E-state index in [1.165, 1.54) is 13.1 Å². The molecule has 0 atom stereocenters. The van der Waals surface area contributed by atoms with Gasteiger partial charge in [0.1, 0.15) is 12.2 Å². The highest BCUT2D eigenvalue weighted by molar-refractivity contribution is 6.06. The molecule has 2 aromatic heterocycles. The van der Waals surface area contributed by atoms with Crippen LogP contribution in [0.3, 0.4) is 0 Å². The van der Waals surface area contributed by atoms with Gasteiger partial charge in [-0.3, -0.25) is 9.67 Å². The van der Waals surface area contributed by atoms with Crippen molar-refractivity contribution in [1.29, 1.82) is 0 Å². The van der Waals surface area contributed by atoms with Crippen molar-refractivity contribution in [3.8, 4) is 0 Å². The Labute approximate surface area is 117 Å². The highest BCUT2D eigenvalue weighted by Gasteiger charge is 2.29. The number of oxime groups is 1. The summed E-state index contributed by atoms with van der Waals surface area (Å²) in [5.74, 6) is -0.118. The van der Waals surface area contributed by atoms with E-state index in [2.05, 4.69) is 26.6 Å². The molecule has 111 valence electrons. The summed E-state index contributed by atoms with van der Waals surface area (Å²) < 4.78 is 37.9. The average molecular weight is 298 g/mol. The topological polar surface area (TPSA) is 75.3 Å². The first kappa shape index (κ1) is 14.8. The van der Waals surface area contributed by atoms with E-state index in [1.54, 1.807) is 18.3 Å². The standard InChI is InChI=1S/C12H11F3N5O/c1-8-5-10(18-20(8)7-12(13,14)15)11(19-21)17-9-3-2-4-16-6-9/h2-4,6,21H,7H2,1H3,(H,17,19). The van der Waals surface area contributed by atoms with Gasteiger partial charge in [-0.1, -0.05) is 5.16 Å². The maximum Gasteiger partial charge on any atom is 0.408 e. The first-order chi connectivity index (χ1) is 9.89. The predicted molar refractivity (Wildman–Crippen MR) is 68.0 cm³/mol. The van der Waals surface area contributed by atoms with Crippen molar-refractivity contribution < 1.29 is 18.4 Å². The van der Waals surface area contributed by atoms with Crippen molar-refractivity contribution in [3.63, 3.8) is 0 Å². The third-order valence-corrected chi connectivity index (χ3v) is 2.48. The Bertz CT molecular complexity index is 636. The van der Waals surface area contributed by atoms with Crippen LogP contribution in [0.4, 0.5) is 18.9 Å². The molecule has 0 saturated heterocycles. The second kappa shape index (κ2) is 5.81. The number of pyridine rings is 1. The molecule has 0 unspecified atom stereocenters. The molecule has 0 saturated carbocycles. The number of aromatic nitrogens is 3. The second-order valence-electron chi connectivity index (χ2n) is 4.15. The Morgan fingerprint density at radius 1 is 1.52 bits per heavy atom. The lowest BCUT2D eigenvalue weighted by Gasteiger charge is -2.08. The minimum absolute atomic E-state index is 0.0249. The van der Waals surface area contributed by atoms with Crippen LogP contribution >= 0.6 is 0 Å². The molecule has 2 rings (SSSR count). The number of halogens is 3. The van der Waals surface area contributed by atoms with Gasteiger partial charge in [0.25, 0.3) is 0 Å². The van der Waals surface area contributed by atoms with Gasteiger partial charge in [-0.2, -0.15) is 18.3 Å². The molecule has 9 heteroatoms. The van der Waals surface area contributed by atoms with Crippen molar-refractivity contribution in [2.24, 2.45) is 5.16 Å². The van der Waals surface area contributed by atoms with E-state index >= 15 is 0 Å². The Morgan fingerprint density at radius 3 is 2.86 bits per heavy atom. The van der Waals surface area contributed by atoms with E-state index < -0.39 is 12.7 Å². The third-order valence-electron chi connectivity index (χ3n) is 2.48. The number of amidine groups is 1. The molecule has 0 aromatic carbocycles. The number of hydrogen-bond acceptors (Lipinski definition) is 4. The van der Waals surface area contributed by atoms with Gasteiger partial charge in [-0.05, 0) is 19.1 Å². The summed E-state index contributed by atoms with van der Waals surface area (Å²) in [4.78, 5) is 3.85. The summed E-state index contributed by atoms with van der Waals surface area (Å²) in [7, 11) is 0. The fourth-order valence-electron chi connectivity index (χ4n) is 1.59. The van der Waals surface area contributed by atoms with Crippen molar-refractivity contribution in [3.05, 3.63) is 42.0 Å². The average Bonchev–Trinajstić information content (AvgIpc) is 2.76. The first-order valence-corrected chi connectivity index (χ1v) is 5.82. The monoisotopic (exact) mass is 298 g/mol. The molecule has 2 heterocycles. The molecule has 2 aromatic rings. The molecule has 0 bridgehead atoms. The van der Waals surface area contributed by atoms with Crippen LogP contribution in [0.5, 0.6) is 0 Å². The molecule has 2 N–H and O–H groups in total. The molecular formula is C12H11F3N5O. The Morgan fingerprint density at radius 2 is 2.29 bits per heavy atom. The number of rotatable bonds is 3. The SMILES string of the molecule is Cc1[c]c(C(=NO)Nc2cccnc2)nn1CC(F)(F)F. The summed E-state index contributed by atoms with van der Waals surface area (Å²) in [6.45, 7) is 0.197. The normalized spacial score (nSPS) is 12.5. The lowest BCUT2D eigenvalue weighted by atomic mass is 10.3. The number of nitrogens with zero attached hydrogens (tertiary/aromatic N) is 4. The molecular weight excluding hydrogens is 287 g/mol. The lowest BCUT2D eigenvalue weighted by molar-refractivity contribution is -0.142. The van der Waals surface area contributed by atoms with Gasteiger partial charge in [0.2, 0.25) is 0 Å². The van der Waals surface area contributed by atoms with Gasteiger partial charge in [-0.15, -0.1) is 0 Å². The minimum atomic E-state index is -4.39. The molecule has 0 fully saturated rings. The zero-order valence-electron chi connectivity index (χ0n) is 10.9. The Kier molecular flexibility index (Phi) is 4.10. The summed E-state index contributed by atoms with van der Waals surface area (Å²) in [5, 5.41) is 18.4. The van der Waals surface area contributed by atoms with Crippen LogP contribution < -0.4 is 5.32 Å². The molecule has 0 aliphatic heterocycles. The van der Waals surface area contributed by atoms with E-state index in [9.17, 15) is 13.2 Å². The zero-order valence-corrected chi connectivity index (χ0v) is 10.9. The number of nitrogens with one attached hydrogen (secondary N) is 1. The Hall–Kier alpha value is -2.58. The number of alkyl halides is 3. The highest BCUT2D eigenvalue weighted by Crippen LogP contribution is 2.18. The number of hydrogen-bond donors (Lipinski definition) is 2. The zero-order chi connectivity index (χ0) is 15.5. The summed E-state index contributed by atoms with van der Waals surface area (Å²) in [5.41, 5.74) is 0.654. The maximum absolute atomic E-state index is 12.4. The van der Waals surface area contributed by atoms with Crippen LogP contribution in [0.25, 0.3) is 0 Å². The van der Waals surface area contributed by atoms with Crippen LogP contribution in [-0.4, -0.2) is 32.0 Å². The van der Waals surface area contributed by atoms with Crippen molar-refractivity contribution >= 4 is 11.5 Å². The molecule has 0 aliphatic rings. The molecule has 0 spiro atoms. The van der Waals surface area contributed by atoms with E-state index in [0.717, 1.165) is 4.68 Å². The predicted octanol–water partition coefficient (Wildman–Crippen LogP) is 2.20. The quantitative estimate of drug-likeness (QED) is 0.394. The molecule has 21 heavy (non-hydrogen) atoms. The van der Waals surface area contributed by atoms with Crippen LogP contribution in [0.15, 0.2) is 29.7 Å². The van der Waals surface area contributed by atoms with Crippen molar-refractivity contribution in [2.45, 2.75) is 19.6 Å².